The zero-order chi connectivity index (χ0) is 15.0. The molecule has 1 unspecified atom stereocenters. The van der Waals surface area contributed by atoms with Gasteiger partial charge in [-0.05, 0) is 12.5 Å². The molecular formula is C15H18N4O3. The zero-order valence-corrected chi connectivity index (χ0v) is 12.2. The maximum Gasteiger partial charge on any atom is 0.231 e. The first-order valence-electron chi connectivity index (χ1n) is 7.38. The Morgan fingerprint density at radius 1 is 1.32 bits per heavy atom. The maximum absolute atomic E-state index is 10.7. The summed E-state index contributed by atoms with van der Waals surface area (Å²) < 4.78 is 12.6. The van der Waals surface area contributed by atoms with Crippen LogP contribution in [0.15, 0.2) is 30.6 Å². The van der Waals surface area contributed by atoms with Crippen LogP contribution in [0.1, 0.15) is 12.0 Å². The van der Waals surface area contributed by atoms with E-state index >= 15 is 0 Å². The quantitative estimate of drug-likeness (QED) is 0.894. The van der Waals surface area contributed by atoms with Crippen LogP contribution in [0.2, 0.25) is 0 Å². The van der Waals surface area contributed by atoms with Gasteiger partial charge in [0.15, 0.2) is 11.5 Å². The van der Waals surface area contributed by atoms with E-state index in [-0.39, 0.29) is 6.79 Å². The lowest BCUT2D eigenvalue weighted by Gasteiger charge is -2.23. The highest BCUT2D eigenvalue weighted by Gasteiger charge is 2.37. The van der Waals surface area contributed by atoms with Crippen molar-refractivity contribution in [3.05, 3.63) is 36.2 Å². The molecule has 116 valence electrons. The van der Waals surface area contributed by atoms with Gasteiger partial charge in [-0.3, -0.25) is 4.90 Å². The van der Waals surface area contributed by atoms with E-state index in [1.54, 1.807) is 17.1 Å². The van der Waals surface area contributed by atoms with E-state index in [0.717, 1.165) is 36.6 Å². The van der Waals surface area contributed by atoms with Crippen molar-refractivity contribution in [3.8, 4) is 11.5 Å². The molecule has 1 saturated heterocycles. The SMILES string of the molecule is OC1(Cn2ccnn2)CCN(Cc2cccc3c2OCO3)C1. The Bertz CT molecular complexity index is 661. The number of para-hydroxylation sites is 1. The van der Waals surface area contributed by atoms with E-state index in [0.29, 0.717) is 13.1 Å². The fourth-order valence-electron chi connectivity index (χ4n) is 3.18. The Kier molecular flexibility index (Phi) is 3.24. The predicted molar refractivity (Wildman–Crippen MR) is 77.4 cm³/mol. The first-order chi connectivity index (χ1) is 10.7. The molecule has 1 atom stereocenters. The second kappa shape index (κ2) is 5.26. The van der Waals surface area contributed by atoms with Gasteiger partial charge >= 0.3 is 0 Å². The number of aromatic nitrogens is 3. The molecule has 7 heteroatoms. The number of fused-ring (bicyclic) bond motifs is 1. The van der Waals surface area contributed by atoms with Gasteiger partial charge in [0.2, 0.25) is 6.79 Å². The minimum absolute atomic E-state index is 0.280. The van der Waals surface area contributed by atoms with Crippen LogP contribution in [0, 0.1) is 0 Å². The average molecular weight is 302 g/mol. The Hall–Kier alpha value is -2.12. The lowest BCUT2D eigenvalue weighted by Crippen LogP contribution is -2.37. The van der Waals surface area contributed by atoms with Gasteiger partial charge in [0.1, 0.15) is 0 Å². The Morgan fingerprint density at radius 2 is 2.27 bits per heavy atom. The van der Waals surface area contributed by atoms with Crippen LogP contribution >= 0.6 is 0 Å². The normalized spacial score (nSPS) is 24.0. The summed E-state index contributed by atoms with van der Waals surface area (Å²) in [6.07, 6.45) is 4.12. The van der Waals surface area contributed by atoms with Gasteiger partial charge in [-0.1, -0.05) is 17.3 Å². The number of β-amino-alcohol motifs (C(OH)–C–C–N with tert-alkyl or cyclic N) is 1. The van der Waals surface area contributed by atoms with Crippen LogP contribution < -0.4 is 9.47 Å². The third-order valence-corrected chi connectivity index (χ3v) is 4.21. The first kappa shape index (κ1) is 13.5. The molecule has 1 fully saturated rings. The number of ether oxygens (including phenoxy) is 2. The summed E-state index contributed by atoms with van der Waals surface area (Å²) in [7, 11) is 0. The van der Waals surface area contributed by atoms with Crippen molar-refractivity contribution in [2.45, 2.75) is 25.1 Å². The standard InChI is InChI=1S/C15H18N4O3/c20-15(10-19-7-5-16-17-19)4-6-18(9-15)8-12-2-1-3-13-14(12)22-11-21-13/h1-3,5,7,20H,4,6,8-11H2. The monoisotopic (exact) mass is 302 g/mol. The highest BCUT2D eigenvalue weighted by Crippen LogP contribution is 2.36. The second-order valence-electron chi connectivity index (χ2n) is 5.94. The van der Waals surface area contributed by atoms with Crippen LogP contribution in [-0.2, 0) is 13.1 Å². The van der Waals surface area contributed by atoms with Crippen molar-refractivity contribution in [2.75, 3.05) is 19.9 Å². The van der Waals surface area contributed by atoms with Crippen molar-refractivity contribution in [3.63, 3.8) is 0 Å². The maximum atomic E-state index is 10.7. The molecule has 4 rings (SSSR count). The van der Waals surface area contributed by atoms with E-state index in [1.807, 2.05) is 18.2 Å². The largest absolute Gasteiger partial charge is 0.454 e. The van der Waals surface area contributed by atoms with Crippen molar-refractivity contribution in [2.24, 2.45) is 0 Å². The molecule has 2 aliphatic heterocycles. The number of hydrogen-bond acceptors (Lipinski definition) is 6. The van der Waals surface area contributed by atoms with E-state index in [4.69, 9.17) is 9.47 Å². The number of nitrogens with zero attached hydrogens (tertiary/aromatic N) is 4. The highest BCUT2D eigenvalue weighted by molar-refractivity contribution is 5.48. The van der Waals surface area contributed by atoms with Gasteiger partial charge in [0.05, 0.1) is 18.3 Å². The molecule has 1 N–H and O–H groups in total. The molecule has 0 bridgehead atoms. The highest BCUT2D eigenvalue weighted by atomic mass is 16.7. The van der Waals surface area contributed by atoms with E-state index in [9.17, 15) is 5.11 Å². The molecule has 0 amide bonds. The lowest BCUT2D eigenvalue weighted by atomic mass is 10.0. The van der Waals surface area contributed by atoms with Crippen molar-refractivity contribution in [1.82, 2.24) is 19.9 Å². The van der Waals surface area contributed by atoms with Crippen LogP contribution in [0.5, 0.6) is 11.5 Å². The van der Waals surface area contributed by atoms with Crippen LogP contribution in [-0.4, -0.2) is 50.5 Å². The number of aliphatic hydroxyl groups is 1. The molecule has 22 heavy (non-hydrogen) atoms. The predicted octanol–water partition coefficient (Wildman–Crippen LogP) is 0.644. The van der Waals surface area contributed by atoms with Gasteiger partial charge in [0.25, 0.3) is 0 Å². The molecule has 0 radical (unpaired) electrons. The molecule has 0 saturated carbocycles. The number of benzene rings is 1. The van der Waals surface area contributed by atoms with E-state index < -0.39 is 5.60 Å². The number of likely N-dealkylation sites (tertiary alicyclic amines) is 1. The lowest BCUT2D eigenvalue weighted by molar-refractivity contribution is 0.0273. The Balaban J connectivity index is 1.44. The molecule has 0 aliphatic carbocycles. The molecule has 7 nitrogen and oxygen atoms in total. The van der Waals surface area contributed by atoms with E-state index in [2.05, 4.69) is 15.2 Å². The summed E-state index contributed by atoms with van der Waals surface area (Å²) >= 11 is 0. The fourth-order valence-corrected chi connectivity index (χ4v) is 3.18. The summed E-state index contributed by atoms with van der Waals surface area (Å²) in [6, 6.07) is 5.93. The van der Waals surface area contributed by atoms with Gasteiger partial charge < -0.3 is 14.6 Å². The number of hydrogen-bond donors (Lipinski definition) is 1. The first-order valence-corrected chi connectivity index (χ1v) is 7.38. The molecule has 3 heterocycles. The van der Waals surface area contributed by atoms with Crippen LogP contribution in [0.25, 0.3) is 0 Å². The average Bonchev–Trinajstić information content (AvgIpc) is 3.21. The van der Waals surface area contributed by atoms with Crippen molar-refractivity contribution >= 4 is 0 Å². The fraction of sp³-hybridized carbons (Fsp3) is 0.467. The van der Waals surface area contributed by atoms with Crippen molar-refractivity contribution < 1.29 is 14.6 Å². The van der Waals surface area contributed by atoms with E-state index in [1.165, 1.54) is 0 Å². The zero-order valence-electron chi connectivity index (χ0n) is 12.2. The second-order valence-corrected chi connectivity index (χ2v) is 5.94. The molecule has 2 aliphatic rings. The summed E-state index contributed by atoms with van der Waals surface area (Å²) in [5.41, 5.74) is 0.336. The summed E-state index contributed by atoms with van der Waals surface area (Å²) in [5, 5.41) is 18.4. The van der Waals surface area contributed by atoms with Gasteiger partial charge in [-0.2, -0.15) is 0 Å². The summed E-state index contributed by atoms with van der Waals surface area (Å²) in [4.78, 5) is 2.23. The molecule has 0 spiro atoms. The van der Waals surface area contributed by atoms with Crippen molar-refractivity contribution in [1.29, 1.82) is 0 Å². The minimum atomic E-state index is -0.761. The minimum Gasteiger partial charge on any atom is -0.454 e. The summed E-state index contributed by atoms with van der Waals surface area (Å²) in [5.74, 6) is 1.63. The Labute approximate surface area is 128 Å². The molecular weight excluding hydrogens is 284 g/mol. The summed E-state index contributed by atoms with van der Waals surface area (Å²) in [6.45, 7) is 2.94. The van der Waals surface area contributed by atoms with Gasteiger partial charge in [-0.15, -0.1) is 5.10 Å². The Morgan fingerprint density at radius 3 is 3.14 bits per heavy atom. The van der Waals surface area contributed by atoms with Gasteiger partial charge in [0, 0.05) is 31.4 Å². The van der Waals surface area contributed by atoms with Gasteiger partial charge in [-0.25, -0.2) is 4.68 Å². The molecule has 2 aromatic rings. The third kappa shape index (κ3) is 2.53. The third-order valence-electron chi connectivity index (χ3n) is 4.21. The van der Waals surface area contributed by atoms with Crippen LogP contribution in [0.4, 0.5) is 0 Å². The molecule has 1 aromatic heterocycles. The number of rotatable bonds is 4. The van der Waals surface area contributed by atoms with Crippen LogP contribution in [0.3, 0.4) is 0 Å². The molecule has 1 aromatic carbocycles. The topological polar surface area (TPSA) is 72.6 Å². The smallest absolute Gasteiger partial charge is 0.231 e.